The molecule has 1 N–H and O–H groups in total. The number of aromatic amines is 1. The molecule has 0 fully saturated rings. The van der Waals surface area contributed by atoms with Crippen LogP contribution in [0.1, 0.15) is 5.69 Å². The zero-order valence-corrected chi connectivity index (χ0v) is 12.4. The van der Waals surface area contributed by atoms with Crippen LogP contribution in [0, 0.1) is 0 Å². The smallest absolute Gasteiger partial charge is 0.431 e. The first-order valence-corrected chi connectivity index (χ1v) is 6.91. The molecule has 0 aliphatic heterocycles. The lowest BCUT2D eigenvalue weighted by atomic mass is 10.2. The second kappa shape index (κ2) is 5.41. The van der Waals surface area contributed by atoms with E-state index < -0.39 is 11.9 Å². The van der Waals surface area contributed by atoms with Gasteiger partial charge in [0.2, 0.25) is 0 Å². The van der Waals surface area contributed by atoms with Crippen molar-refractivity contribution in [2.75, 3.05) is 0 Å². The molecule has 22 heavy (non-hydrogen) atoms. The number of H-pyrrole nitrogens is 1. The molecule has 0 unspecified atom stereocenters. The number of nitrogens with one attached hydrogen (secondary N) is 1. The molecular formula is C15H8Cl2F3NO. The van der Waals surface area contributed by atoms with Crippen LogP contribution in [0.5, 0.6) is 11.5 Å². The average Bonchev–Trinajstić information content (AvgIpc) is 2.84. The van der Waals surface area contributed by atoms with Crippen molar-refractivity contribution in [2.45, 2.75) is 6.18 Å². The van der Waals surface area contributed by atoms with Gasteiger partial charge in [-0.25, -0.2) is 0 Å². The predicted molar refractivity (Wildman–Crippen MR) is 79.8 cm³/mol. The lowest BCUT2D eigenvalue weighted by Gasteiger charge is -2.07. The van der Waals surface area contributed by atoms with Gasteiger partial charge in [0.1, 0.15) is 17.2 Å². The number of fused-ring (bicyclic) bond motifs is 1. The summed E-state index contributed by atoms with van der Waals surface area (Å²) in [5.74, 6) is 0.751. The lowest BCUT2D eigenvalue weighted by molar-refractivity contribution is -0.140. The maximum Gasteiger partial charge on any atom is 0.431 e. The number of hydrogen-bond acceptors (Lipinski definition) is 1. The predicted octanol–water partition coefficient (Wildman–Crippen LogP) is 6.29. The summed E-state index contributed by atoms with van der Waals surface area (Å²) in [6.07, 6.45) is -4.44. The molecular weight excluding hydrogens is 338 g/mol. The number of alkyl halides is 3. The van der Waals surface area contributed by atoms with Gasteiger partial charge in [-0.2, -0.15) is 13.2 Å². The Hall–Kier alpha value is -1.85. The Bertz CT molecular complexity index is 825. The molecule has 0 saturated carbocycles. The van der Waals surface area contributed by atoms with E-state index in [0.717, 1.165) is 6.07 Å². The van der Waals surface area contributed by atoms with Gasteiger partial charge in [-0.3, -0.25) is 0 Å². The third-order valence-electron chi connectivity index (χ3n) is 3.02. The van der Waals surface area contributed by atoms with Crippen LogP contribution in [0.15, 0.2) is 42.5 Å². The van der Waals surface area contributed by atoms with E-state index in [4.69, 9.17) is 27.9 Å². The fourth-order valence-corrected chi connectivity index (χ4v) is 2.32. The van der Waals surface area contributed by atoms with E-state index in [-0.39, 0.29) is 10.8 Å². The molecule has 1 aromatic heterocycles. The van der Waals surface area contributed by atoms with Crippen LogP contribution in [0.25, 0.3) is 10.9 Å². The molecule has 0 spiro atoms. The summed E-state index contributed by atoms with van der Waals surface area (Å²) in [5.41, 5.74) is -0.539. The molecule has 114 valence electrons. The van der Waals surface area contributed by atoms with Crippen LogP contribution in [0.2, 0.25) is 10.0 Å². The number of hydrogen-bond donors (Lipinski definition) is 1. The van der Waals surface area contributed by atoms with E-state index >= 15 is 0 Å². The molecule has 0 aliphatic rings. The Balaban J connectivity index is 1.99. The molecule has 0 aliphatic carbocycles. The van der Waals surface area contributed by atoms with E-state index in [1.54, 1.807) is 24.3 Å². The van der Waals surface area contributed by atoms with Gasteiger partial charge in [-0.15, -0.1) is 0 Å². The van der Waals surface area contributed by atoms with Gasteiger partial charge in [-0.05, 0) is 42.5 Å². The minimum Gasteiger partial charge on any atom is -0.456 e. The normalized spacial score (nSPS) is 11.9. The van der Waals surface area contributed by atoms with Crippen molar-refractivity contribution >= 4 is 34.1 Å². The van der Waals surface area contributed by atoms with Crippen LogP contribution in [0.4, 0.5) is 13.2 Å². The summed E-state index contributed by atoms with van der Waals surface area (Å²) >= 11 is 11.8. The molecule has 1 heterocycles. The molecule has 2 nitrogen and oxygen atoms in total. The highest BCUT2D eigenvalue weighted by molar-refractivity contribution is 6.32. The quantitative estimate of drug-likeness (QED) is 0.580. The second-order valence-electron chi connectivity index (χ2n) is 4.61. The Morgan fingerprint density at radius 1 is 0.955 bits per heavy atom. The molecule has 3 aromatic rings. The molecule has 0 radical (unpaired) electrons. The second-order valence-corrected chi connectivity index (χ2v) is 5.45. The first-order chi connectivity index (χ1) is 10.3. The largest absolute Gasteiger partial charge is 0.456 e. The summed E-state index contributed by atoms with van der Waals surface area (Å²) in [6.45, 7) is 0. The Kier molecular flexibility index (Phi) is 3.70. The van der Waals surface area contributed by atoms with E-state index in [1.807, 2.05) is 0 Å². The topological polar surface area (TPSA) is 25.0 Å². The molecule has 0 atom stereocenters. The average molecular weight is 346 g/mol. The summed E-state index contributed by atoms with van der Waals surface area (Å²) in [6, 6.07) is 10.4. The number of rotatable bonds is 2. The zero-order chi connectivity index (χ0) is 15.9. The highest BCUT2D eigenvalue weighted by atomic mass is 35.5. The third kappa shape index (κ3) is 3.00. The van der Waals surface area contributed by atoms with Crippen molar-refractivity contribution in [3.8, 4) is 11.5 Å². The van der Waals surface area contributed by atoms with Crippen LogP contribution in [0.3, 0.4) is 0 Å². The SMILES string of the molecule is FC(F)(F)c1cc2cc(Oc3ccc(Cl)cc3)c(Cl)cc2[nH]1. The standard InChI is InChI=1S/C15H8Cl2F3NO/c16-9-1-3-10(4-2-9)22-13-5-8-6-14(15(18,19)20)21-12(8)7-11(13)17/h1-7,21H. The van der Waals surface area contributed by atoms with Crippen molar-refractivity contribution in [2.24, 2.45) is 0 Å². The van der Waals surface area contributed by atoms with Crippen LogP contribution in [-0.2, 0) is 6.18 Å². The van der Waals surface area contributed by atoms with Gasteiger partial charge in [0.05, 0.1) is 5.02 Å². The summed E-state index contributed by atoms with van der Waals surface area (Å²) < 4.78 is 43.7. The third-order valence-corrected chi connectivity index (χ3v) is 3.57. The van der Waals surface area contributed by atoms with E-state index in [0.29, 0.717) is 21.7 Å². The first-order valence-electron chi connectivity index (χ1n) is 6.16. The molecule has 0 saturated heterocycles. The Labute approximate surface area is 133 Å². The maximum atomic E-state index is 12.7. The number of ether oxygens (including phenoxy) is 1. The van der Waals surface area contributed by atoms with Crippen molar-refractivity contribution < 1.29 is 17.9 Å². The minimum absolute atomic E-state index is 0.207. The summed E-state index contributed by atoms with van der Waals surface area (Å²) in [4.78, 5) is 2.29. The molecule has 0 amide bonds. The number of aromatic nitrogens is 1. The van der Waals surface area contributed by atoms with Crippen molar-refractivity contribution in [3.63, 3.8) is 0 Å². The number of benzene rings is 2. The summed E-state index contributed by atoms with van der Waals surface area (Å²) in [5, 5.41) is 1.12. The molecule has 2 aromatic carbocycles. The Morgan fingerprint density at radius 2 is 1.64 bits per heavy atom. The highest BCUT2D eigenvalue weighted by Crippen LogP contribution is 2.37. The fourth-order valence-electron chi connectivity index (χ4n) is 1.99. The maximum absolute atomic E-state index is 12.7. The van der Waals surface area contributed by atoms with Crippen molar-refractivity contribution in [1.29, 1.82) is 0 Å². The van der Waals surface area contributed by atoms with Gasteiger partial charge >= 0.3 is 6.18 Å². The molecule has 0 bridgehead atoms. The van der Waals surface area contributed by atoms with E-state index in [9.17, 15) is 13.2 Å². The van der Waals surface area contributed by atoms with Crippen LogP contribution < -0.4 is 4.74 Å². The van der Waals surface area contributed by atoms with Crippen molar-refractivity contribution in [3.05, 3.63) is 58.2 Å². The fraction of sp³-hybridized carbons (Fsp3) is 0.0667. The Morgan fingerprint density at radius 3 is 2.27 bits per heavy atom. The van der Waals surface area contributed by atoms with Crippen LogP contribution >= 0.6 is 23.2 Å². The minimum atomic E-state index is -4.44. The van der Waals surface area contributed by atoms with E-state index in [2.05, 4.69) is 4.98 Å². The monoisotopic (exact) mass is 345 g/mol. The first kappa shape index (κ1) is 15.1. The zero-order valence-electron chi connectivity index (χ0n) is 10.8. The molecule has 7 heteroatoms. The van der Waals surface area contributed by atoms with E-state index in [1.165, 1.54) is 12.1 Å². The van der Waals surface area contributed by atoms with Gasteiger partial charge in [0.15, 0.2) is 0 Å². The molecule has 3 rings (SSSR count). The van der Waals surface area contributed by atoms with Gasteiger partial charge in [0, 0.05) is 15.9 Å². The summed E-state index contributed by atoms with van der Waals surface area (Å²) in [7, 11) is 0. The van der Waals surface area contributed by atoms with Crippen LogP contribution in [-0.4, -0.2) is 4.98 Å². The van der Waals surface area contributed by atoms with Gasteiger partial charge in [0.25, 0.3) is 0 Å². The van der Waals surface area contributed by atoms with Gasteiger partial charge < -0.3 is 9.72 Å². The number of halogens is 5. The van der Waals surface area contributed by atoms with Gasteiger partial charge in [-0.1, -0.05) is 23.2 Å². The lowest BCUT2D eigenvalue weighted by Crippen LogP contribution is -2.04. The highest BCUT2D eigenvalue weighted by Gasteiger charge is 2.32. The van der Waals surface area contributed by atoms with Crippen molar-refractivity contribution in [1.82, 2.24) is 4.98 Å².